The summed E-state index contributed by atoms with van der Waals surface area (Å²) in [4.78, 5) is 11.7. The third-order valence-corrected chi connectivity index (χ3v) is 3.36. The van der Waals surface area contributed by atoms with Gasteiger partial charge in [0.1, 0.15) is 5.78 Å². The number of ether oxygens (including phenoxy) is 2. The second kappa shape index (κ2) is 5.61. The fourth-order valence-corrected chi connectivity index (χ4v) is 2.37. The van der Waals surface area contributed by atoms with Crippen molar-refractivity contribution in [2.75, 3.05) is 19.8 Å². The van der Waals surface area contributed by atoms with E-state index in [2.05, 4.69) is 0 Å². The third kappa shape index (κ3) is 3.28. The molecule has 2 heterocycles. The molecule has 0 bridgehead atoms. The molecule has 0 spiro atoms. The summed E-state index contributed by atoms with van der Waals surface area (Å²) in [7, 11) is 0. The predicted molar refractivity (Wildman–Crippen MR) is 56.8 cm³/mol. The number of hydrogen-bond donors (Lipinski definition) is 0. The standard InChI is InChI=1S/C12H20O3/c13-12(10-6-8-14-9-10)5-1-3-11-4-2-7-15-11/h10-11H,1-9H2. The third-order valence-electron chi connectivity index (χ3n) is 3.36. The minimum Gasteiger partial charge on any atom is -0.381 e. The van der Waals surface area contributed by atoms with Crippen molar-refractivity contribution in [3.63, 3.8) is 0 Å². The van der Waals surface area contributed by atoms with E-state index in [9.17, 15) is 4.79 Å². The molecule has 3 heteroatoms. The molecule has 0 aromatic rings. The Morgan fingerprint density at radius 1 is 1.27 bits per heavy atom. The van der Waals surface area contributed by atoms with Crippen LogP contribution in [0.4, 0.5) is 0 Å². The Bertz CT molecular complexity index is 203. The maximum absolute atomic E-state index is 11.7. The van der Waals surface area contributed by atoms with Crippen LogP contribution in [-0.4, -0.2) is 31.7 Å². The van der Waals surface area contributed by atoms with E-state index in [1.165, 1.54) is 12.8 Å². The minimum absolute atomic E-state index is 0.189. The Morgan fingerprint density at radius 3 is 2.87 bits per heavy atom. The zero-order valence-corrected chi connectivity index (χ0v) is 9.24. The number of ketones is 1. The SMILES string of the molecule is O=C(CCCC1CCCO1)C1CCOC1. The van der Waals surface area contributed by atoms with Crippen LogP contribution < -0.4 is 0 Å². The summed E-state index contributed by atoms with van der Waals surface area (Å²) in [6.07, 6.45) is 6.49. The van der Waals surface area contributed by atoms with Crippen molar-refractivity contribution < 1.29 is 14.3 Å². The molecule has 2 fully saturated rings. The van der Waals surface area contributed by atoms with E-state index in [1.807, 2.05) is 0 Å². The van der Waals surface area contributed by atoms with Crippen molar-refractivity contribution in [1.82, 2.24) is 0 Å². The number of carbonyl (C=O) groups excluding carboxylic acids is 1. The molecular weight excluding hydrogens is 192 g/mol. The summed E-state index contributed by atoms with van der Waals surface area (Å²) in [5.74, 6) is 0.583. The van der Waals surface area contributed by atoms with Gasteiger partial charge in [-0.05, 0) is 32.1 Å². The van der Waals surface area contributed by atoms with Gasteiger partial charge in [-0.1, -0.05) is 0 Å². The molecule has 0 amide bonds. The molecule has 2 unspecified atom stereocenters. The fourth-order valence-electron chi connectivity index (χ4n) is 2.37. The first-order valence-corrected chi connectivity index (χ1v) is 6.08. The average Bonchev–Trinajstić information content (AvgIpc) is 2.90. The number of carbonyl (C=O) groups is 1. The van der Waals surface area contributed by atoms with Crippen LogP contribution in [0.2, 0.25) is 0 Å². The Morgan fingerprint density at radius 2 is 2.20 bits per heavy atom. The lowest BCUT2D eigenvalue weighted by atomic mass is 9.98. The first-order chi connectivity index (χ1) is 7.36. The van der Waals surface area contributed by atoms with Gasteiger partial charge in [0, 0.05) is 25.6 Å². The lowest BCUT2D eigenvalue weighted by Gasteiger charge is -2.09. The summed E-state index contributed by atoms with van der Waals surface area (Å²) in [6, 6.07) is 0. The van der Waals surface area contributed by atoms with E-state index in [4.69, 9.17) is 9.47 Å². The zero-order chi connectivity index (χ0) is 10.5. The summed E-state index contributed by atoms with van der Waals surface area (Å²) in [5.41, 5.74) is 0. The van der Waals surface area contributed by atoms with Gasteiger partial charge < -0.3 is 9.47 Å². The second-order valence-corrected chi connectivity index (χ2v) is 4.55. The molecule has 2 atom stereocenters. The average molecular weight is 212 g/mol. The largest absolute Gasteiger partial charge is 0.381 e. The van der Waals surface area contributed by atoms with E-state index in [0.29, 0.717) is 24.9 Å². The molecule has 0 radical (unpaired) electrons. The Labute approximate surface area is 91.1 Å². The molecule has 2 aliphatic rings. The van der Waals surface area contributed by atoms with Crippen molar-refractivity contribution in [3.8, 4) is 0 Å². The highest BCUT2D eigenvalue weighted by molar-refractivity contribution is 5.81. The molecule has 2 aliphatic heterocycles. The van der Waals surface area contributed by atoms with Gasteiger partial charge in [0.15, 0.2) is 0 Å². The van der Waals surface area contributed by atoms with Crippen LogP contribution in [0.1, 0.15) is 38.5 Å². The van der Waals surface area contributed by atoms with Gasteiger partial charge >= 0.3 is 0 Å². The molecule has 86 valence electrons. The summed E-state index contributed by atoms with van der Waals surface area (Å²) in [6.45, 7) is 2.33. The van der Waals surface area contributed by atoms with Crippen LogP contribution in [-0.2, 0) is 14.3 Å². The normalized spacial score (nSPS) is 30.9. The highest BCUT2D eigenvalue weighted by Crippen LogP contribution is 2.20. The van der Waals surface area contributed by atoms with E-state index >= 15 is 0 Å². The Balaban J connectivity index is 1.58. The van der Waals surface area contributed by atoms with Gasteiger partial charge in [-0.25, -0.2) is 0 Å². The van der Waals surface area contributed by atoms with Crippen LogP contribution >= 0.6 is 0 Å². The molecule has 0 aromatic carbocycles. The van der Waals surface area contributed by atoms with Gasteiger partial charge in [0.05, 0.1) is 12.7 Å². The number of rotatable bonds is 5. The summed E-state index contributed by atoms with van der Waals surface area (Å²) >= 11 is 0. The molecule has 0 saturated carbocycles. The van der Waals surface area contributed by atoms with Gasteiger partial charge in [0.25, 0.3) is 0 Å². The van der Waals surface area contributed by atoms with E-state index in [0.717, 1.165) is 32.5 Å². The molecule has 3 nitrogen and oxygen atoms in total. The molecule has 15 heavy (non-hydrogen) atoms. The lowest BCUT2D eigenvalue weighted by Crippen LogP contribution is -2.15. The Kier molecular flexibility index (Phi) is 4.15. The number of hydrogen-bond acceptors (Lipinski definition) is 3. The molecule has 0 N–H and O–H groups in total. The fraction of sp³-hybridized carbons (Fsp3) is 0.917. The van der Waals surface area contributed by atoms with Gasteiger partial charge in [-0.2, -0.15) is 0 Å². The zero-order valence-electron chi connectivity index (χ0n) is 9.24. The minimum atomic E-state index is 0.189. The van der Waals surface area contributed by atoms with Crippen molar-refractivity contribution in [3.05, 3.63) is 0 Å². The van der Waals surface area contributed by atoms with Crippen LogP contribution in [0.15, 0.2) is 0 Å². The predicted octanol–water partition coefficient (Wildman–Crippen LogP) is 1.94. The maximum Gasteiger partial charge on any atom is 0.138 e. The molecule has 2 saturated heterocycles. The monoisotopic (exact) mass is 212 g/mol. The highest BCUT2D eigenvalue weighted by atomic mass is 16.5. The van der Waals surface area contributed by atoms with Crippen LogP contribution in [0.3, 0.4) is 0 Å². The first kappa shape index (κ1) is 11.1. The summed E-state index contributed by atoms with van der Waals surface area (Å²) < 4.78 is 10.7. The number of Topliss-reactive ketones (excluding diaryl/α,β-unsaturated/α-hetero) is 1. The van der Waals surface area contributed by atoms with Gasteiger partial charge in [0.2, 0.25) is 0 Å². The topological polar surface area (TPSA) is 35.5 Å². The van der Waals surface area contributed by atoms with Gasteiger partial charge in [-0.15, -0.1) is 0 Å². The molecule has 0 aliphatic carbocycles. The Hall–Kier alpha value is -0.410. The van der Waals surface area contributed by atoms with Crippen molar-refractivity contribution in [2.24, 2.45) is 5.92 Å². The molecule has 0 aromatic heterocycles. The lowest BCUT2D eigenvalue weighted by molar-refractivity contribution is -0.123. The quantitative estimate of drug-likeness (QED) is 0.698. The van der Waals surface area contributed by atoms with Crippen LogP contribution in [0.5, 0.6) is 0 Å². The molecule has 2 rings (SSSR count). The molecular formula is C12H20O3. The highest BCUT2D eigenvalue weighted by Gasteiger charge is 2.23. The maximum atomic E-state index is 11.7. The smallest absolute Gasteiger partial charge is 0.138 e. The van der Waals surface area contributed by atoms with E-state index < -0.39 is 0 Å². The van der Waals surface area contributed by atoms with E-state index in [-0.39, 0.29) is 5.92 Å². The van der Waals surface area contributed by atoms with Gasteiger partial charge in [-0.3, -0.25) is 4.79 Å². The van der Waals surface area contributed by atoms with Crippen molar-refractivity contribution in [1.29, 1.82) is 0 Å². The second-order valence-electron chi connectivity index (χ2n) is 4.55. The van der Waals surface area contributed by atoms with Crippen molar-refractivity contribution in [2.45, 2.75) is 44.6 Å². The van der Waals surface area contributed by atoms with Crippen LogP contribution in [0.25, 0.3) is 0 Å². The first-order valence-electron chi connectivity index (χ1n) is 6.08. The van der Waals surface area contributed by atoms with Crippen molar-refractivity contribution >= 4 is 5.78 Å². The van der Waals surface area contributed by atoms with Crippen LogP contribution in [0, 0.1) is 5.92 Å². The van der Waals surface area contributed by atoms with E-state index in [1.54, 1.807) is 0 Å². The summed E-state index contributed by atoms with van der Waals surface area (Å²) in [5, 5.41) is 0.